The highest BCUT2D eigenvalue weighted by atomic mass is 16.3. The van der Waals surface area contributed by atoms with E-state index in [0.29, 0.717) is 38.6 Å². The van der Waals surface area contributed by atoms with Gasteiger partial charge >= 0.3 is 0 Å². The van der Waals surface area contributed by atoms with Gasteiger partial charge in [-0.05, 0) is 24.3 Å². The highest BCUT2D eigenvalue weighted by Crippen LogP contribution is 2.24. The molecule has 0 radical (unpaired) electrons. The van der Waals surface area contributed by atoms with Gasteiger partial charge in [-0.1, -0.05) is 18.2 Å². The van der Waals surface area contributed by atoms with Gasteiger partial charge in [-0.3, -0.25) is 14.5 Å². The Balaban J connectivity index is 1.11. The minimum atomic E-state index is -0.270. The van der Waals surface area contributed by atoms with Crippen molar-refractivity contribution >= 4 is 11.8 Å². The number of furan rings is 1. The third-order valence-corrected chi connectivity index (χ3v) is 6.13. The van der Waals surface area contributed by atoms with Crippen LogP contribution < -0.4 is 0 Å². The second-order valence-electron chi connectivity index (χ2n) is 8.37. The first-order valence-corrected chi connectivity index (χ1v) is 11.0. The lowest BCUT2D eigenvalue weighted by atomic mass is 10.1. The molecular weight excluding hydrogens is 408 g/mol. The van der Waals surface area contributed by atoms with Crippen molar-refractivity contribution in [3.05, 3.63) is 66.4 Å². The minimum absolute atomic E-state index is 0.0126. The van der Waals surface area contributed by atoms with Crippen LogP contribution in [0.25, 0.3) is 11.5 Å². The number of likely N-dealkylation sites (tertiary alicyclic amines) is 1. The summed E-state index contributed by atoms with van der Waals surface area (Å²) in [5.41, 5.74) is 1.85. The van der Waals surface area contributed by atoms with Crippen LogP contribution in [0.3, 0.4) is 0 Å². The molecule has 1 atom stereocenters. The smallest absolute Gasteiger partial charge is 0.228 e. The standard InChI is InChI=1S/C24H26N4O4/c29-22-13-19(14-28(22)16-21-7-4-12-31-21)24(30)27-10-8-26(9-11-27)15-20-17-32-23(25-20)18-5-2-1-3-6-18/h1-7,12,17,19H,8-11,13-16H2/t19-/m1/s1. The average molecular weight is 434 g/mol. The van der Waals surface area contributed by atoms with Crippen LogP contribution in [-0.2, 0) is 22.7 Å². The topological polar surface area (TPSA) is 83.0 Å². The fraction of sp³-hybridized carbons (Fsp3) is 0.375. The molecule has 1 aromatic carbocycles. The van der Waals surface area contributed by atoms with E-state index >= 15 is 0 Å². The van der Waals surface area contributed by atoms with Crippen molar-refractivity contribution in [2.75, 3.05) is 32.7 Å². The van der Waals surface area contributed by atoms with Gasteiger partial charge in [0.1, 0.15) is 12.0 Å². The molecule has 2 aromatic heterocycles. The van der Waals surface area contributed by atoms with Crippen LogP contribution in [0.15, 0.2) is 63.8 Å². The van der Waals surface area contributed by atoms with Gasteiger partial charge in [0.25, 0.3) is 0 Å². The zero-order valence-corrected chi connectivity index (χ0v) is 17.9. The molecule has 0 aliphatic carbocycles. The molecule has 0 unspecified atom stereocenters. The van der Waals surface area contributed by atoms with Crippen LogP contribution in [0.4, 0.5) is 0 Å². The zero-order chi connectivity index (χ0) is 21.9. The van der Waals surface area contributed by atoms with Crippen LogP contribution in [0.5, 0.6) is 0 Å². The van der Waals surface area contributed by atoms with Gasteiger partial charge in [0.05, 0.1) is 24.4 Å². The molecule has 2 amide bonds. The Bertz CT molecular complexity index is 1050. The highest BCUT2D eigenvalue weighted by Gasteiger charge is 2.37. The maximum Gasteiger partial charge on any atom is 0.228 e. The molecule has 8 heteroatoms. The molecule has 2 fully saturated rings. The van der Waals surface area contributed by atoms with Gasteiger partial charge in [0.15, 0.2) is 0 Å². The summed E-state index contributed by atoms with van der Waals surface area (Å²) in [6, 6.07) is 13.5. The molecular formula is C24H26N4O4. The molecule has 2 aliphatic heterocycles. The normalized spacial score (nSPS) is 19.6. The largest absolute Gasteiger partial charge is 0.467 e. The number of benzene rings is 1. The summed E-state index contributed by atoms with van der Waals surface area (Å²) in [5.74, 6) is 1.18. The fourth-order valence-corrected chi connectivity index (χ4v) is 4.39. The van der Waals surface area contributed by atoms with Gasteiger partial charge in [0, 0.05) is 51.3 Å². The summed E-state index contributed by atoms with van der Waals surface area (Å²) in [6.07, 6.45) is 3.58. The van der Waals surface area contributed by atoms with Crippen LogP contribution in [0.2, 0.25) is 0 Å². The van der Waals surface area contributed by atoms with Crippen molar-refractivity contribution in [1.29, 1.82) is 0 Å². The highest BCUT2D eigenvalue weighted by molar-refractivity contribution is 5.89. The van der Waals surface area contributed by atoms with Crippen LogP contribution in [0, 0.1) is 5.92 Å². The SMILES string of the molecule is O=C1C[C@@H](C(=O)N2CCN(Cc3coc(-c4ccccc4)n3)CC2)CN1Cc1ccco1. The number of hydrogen-bond acceptors (Lipinski definition) is 6. The van der Waals surface area contributed by atoms with Gasteiger partial charge in [-0.15, -0.1) is 0 Å². The number of hydrogen-bond donors (Lipinski definition) is 0. The fourth-order valence-electron chi connectivity index (χ4n) is 4.39. The molecule has 8 nitrogen and oxygen atoms in total. The van der Waals surface area contributed by atoms with Crippen LogP contribution in [-0.4, -0.2) is 64.2 Å². The molecule has 2 aliphatic rings. The number of nitrogens with zero attached hydrogens (tertiary/aromatic N) is 4. The Morgan fingerprint density at radius 1 is 1.00 bits per heavy atom. The summed E-state index contributed by atoms with van der Waals surface area (Å²) in [4.78, 5) is 35.8. The first kappa shape index (κ1) is 20.5. The summed E-state index contributed by atoms with van der Waals surface area (Å²) in [7, 11) is 0. The van der Waals surface area contributed by atoms with Crippen molar-refractivity contribution in [2.24, 2.45) is 5.92 Å². The maximum atomic E-state index is 13.0. The molecule has 3 aromatic rings. The molecule has 0 bridgehead atoms. The summed E-state index contributed by atoms with van der Waals surface area (Å²) < 4.78 is 11.0. The minimum Gasteiger partial charge on any atom is -0.467 e. The zero-order valence-electron chi connectivity index (χ0n) is 17.9. The number of rotatable bonds is 6. The van der Waals surface area contributed by atoms with E-state index in [1.807, 2.05) is 41.3 Å². The third-order valence-electron chi connectivity index (χ3n) is 6.13. The lowest BCUT2D eigenvalue weighted by molar-refractivity contribution is -0.137. The van der Waals surface area contributed by atoms with Crippen molar-refractivity contribution in [1.82, 2.24) is 19.7 Å². The molecule has 32 heavy (non-hydrogen) atoms. The second kappa shape index (κ2) is 9.00. The Morgan fingerprint density at radius 2 is 1.81 bits per heavy atom. The predicted molar refractivity (Wildman–Crippen MR) is 116 cm³/mol. The van der Waals surface area contributed by atoms with Gasteiger partial charge in [-0.25, -0.2) is 4.98 Å². The van der Waals surface area contributed by atoms with Crippen molar-refractivity contribution < 1.29 is 18.4 Å². The van der Waals surface area contributed by atoms with Gasteiger partial charge in [0.2, 0.25) is 17.7 Å². The lowest BCUT2D eigenvalue weighted by Gasteiger charge is -2.35. The Hall–Kier alpha value is -3.39. The number of piperazine rings is 1. The quantitative estimate of drug-likeness (QED) is 0.593. The average Bonchev–Trinajstić information content (AvgIpc) is 3.57. The predicted octanol–water partition coefficient (Wildman–Crippen LogP) is 2.63. The lowest BCUT2D eigenvalue weighted by Crippen LogP contribution is -2.50. The monoisotopic (exact) mass is 434 g/mol. The van der Waals surface area contributed by atoms with Crippen LogP contribution in [0.1, 0.15) is 17.9 Å². The summed E-state index contributed by atoms with van der Waals surface area (Å²) in [6.45, 7) is 4.44. The van der Waals surface area contributed by atoms with Gasteiger partial charge in [-0.2, -0.15) is 0 Å². The van der Waals surface area contributed by atoms with E-state index in [4.69, 9.17) is 8.83 Å². The van der Waals surface area contributed by atoms with Crippen molar-refractivity contribution in [2.45, 2.75) is 19.5 Å². The third kappa shape index (κ3) is 4.45. The van der Waals surface area contributed by atoms with E-state index < -0.39 is 0 Å². The maximum absolute atomic E-state index is 13.0. The van der Waals surface area contributed by atoms with Crippen molar-refractivity contribution in [3.63, 3.8) is 0 Å². The van der Waals surface area contributed by atoms with E-state index in [1.165, 1.54) is 0 Å². The van der Waals surface area contributed by atoms with Crippen molar-refractivity contribution in [3.8, 4) is 11.5 Å². The Morgan fingerprint density at radius 3 is 2.56 bits per heavy atom. The number of carbonyl (C=O) groups is 2. The van der Waals surface area contributed by atoms with E-state index in [2.05, 4.69) is 9.88 Å². The number of oxazole rings is 1. The Kier molecular flexibility index (Phi) is 5.77. The molecule has 166 valence electrons. The van der Waals surface area contributed by atoms with Gasteiger partial charge < -0.3 is 18.6 Å². The molecule has 0 saturated carbocycles. The Labute approximate surface area is 186 Å². The van der Waals surface area contributed by atoms with E-state index in [-0.39, 0.29) is 24.2 Å². The number of amides is 2. The first-order valence-electron chi connectivity index (χ1n) is 11.0. The molecule has 2 saturated heterocycles. The van der Waals surface area contributed by atoms with E-state index in [9.17, 15) is 9.59 Å². The summed E-state index contributed by atoms with van der Waals surface area (Å²) >= 11 is 0. The summed E-state index contributed by atoms with van der Waals surface area (Å²) in [5, 5.41) is 0. The molecule has 0 spiro atoms. The molecule has 5 rings (SSSR count). The number of carbonyl (C=O) groups excluding carboxylic acids is 2. The van der Waals surface area contributed by atoms with E-state index in [0.717, 1.165) is 30.1 Å². The first-order chi connectivity index (χ1) is 15.7. The number of aromatic nitrogens is 1. The molecule has 0 N–H and O–H groups in total. The second-order valence-corrected chi connectivity index (χ2v) is 8.37. The molecule has 4 heterocycles. The van der Waals surface area contributed by atoms with Crippen LogP contribution >= 0.6 is 0 Å². The van der Waals surface area contributed by atoms with E-state index in [1.54, 1.807) is 23.5 Å².